The summed E-state index contributed by atoms with van der Waals surface area (Å²) in [6.45, 7) is 4.61. The van der Waals surface area contributed by atoms with Gasteiger partial charge < -0.3 is 4.57 Å². The molecule has 2 heterocycles. The van der Waals surface area contributed by atoms with Crippen LogP contribution in [0.15, 0.2) is 66.0 Å². The number of thioether (sulfide) groups is 1. The van der Waals surface area contributed by atoms with Crippen LogP contribution in [0, 0.1) is 13.8 Å². The van der Waals surface area contributed by atoms with Gasteiger partial charge in [0.1, 0.15) is 5.01 Å². The van der Waals surface area contributed by atoms with E-state index in [1.165, 1.54) is 34.2 Å². The van der Waals surface area contributed by atoms with Crippen molar-refractivity contribution in [2.75, 3.05) is 11.1 Å². The van der Waals surface area contributed by atoms with Crippen molar-refractivity contribution in [1.82, 2.24) is 19.7 Å². The molecule has 1 N–H and O–H groups in total. The van der Waals surface area contributed by atoms with Crippen molar-refractivity contribution in [1.29, 1.82) is 0 Å². The van der Waals surface area contributed by atoms with E-state index in [1.54, 1.807) is 0 Å². The first kappa shape index (κ1) is 20.3. The standard InChI is InChI=1S/C22H21N5OS2/c1-15-8-10-18(11-9-15)19-12-23-22(27(19)13-17-6-4-3-5-7-17)29-14-20(28)24-21-26-25-16(2)30-21/h3-12H,13-14H2,1-2H3,(H,24,26,28). The number of nitrogens with one attached hydrogen (secondary N) is 1. The third kappa shape index (κ3) is 4.95. The Morgan fingerprint density at radius 2 is 1.83 bits per heavy atom. The molecule has 1 amide bonds. The van der Waals surface area contributed by atoms with Gasteiger partial charge in [0, 0.05) is 0 Å². The Labute approximate surface area is 183 Å². The first-order chi connectivity index (χ1) is 14.6. The Bertz CT molecular complexity index is 1140. The normalized spacial score (nSPS) is 10.9. The Morgan fingerprint density at radius 3 is 2.53 bits per heavy atom. The van der Waals surface area contributed by atoms with Crippen molar-refractivity contribution in [3.8, 4) is 11.3 Å². The lowest BCUT2D eigenvalue weighted by molar-refractivity contribution is -0.113. The molecule has 0 aliphatic rings. The second-order valence-corrected chi connectivity index (χ2v) is 8.95. The molecule has 0 bridgehead atoms. The minimum Gasteiger partial charge on any atom is -0.314 e. The molecule has 0 spiro atoms. The van der Waals surface area contributed by atoms with Gasteiger partial charge in [0.25, 0.3) is 0 Å². The lowest BCUT2D eigenvalue weighted by atomic mass is 10.1. The van der Waals surface area contributed by atoms with Crippen molar-refractivity contribution in [3.05, 3.63) is 76.9 Å². The molecule has 4 rings (SSSR count). The van der Waals surface area contributed by atoms with Crippen LogP contribution in [0.1, 0.15) is 16.1 Å². The number of rotatable bonds is 7. The lowest BCUT2D eigenvalue weighted by Crippen LogP contribution is -2.14. The molecule has 0 aliphatic carbocycles. The van der Waals surface area contributed by atoms with Crippen LogP contribution in [0.3, 0.4) is 0 Å². The number of imidazole rings is 1. The van der Waals surface area contributed by atoms with Gasteiger partial charge in [0.05, 0.1) is 24.2 Å². The van der Waals surface area contributed by atoms with E-state index in [9.17, 15) is 4.79 Å². The molecule has 4 aromatic rings. The predicted octanol–water partition coefficient (Wildman–Crippen LogP) is 4.80. The van der Waals surface area contributed by atoms with Gasteiger partial charge in [-0.1, -0.05) is 83.3 Å². The number of hydrogen-bond acceptors (Lipinski definition) is 6. The highest BCUT2D eigenvalue weighted by Crippen LogP contribution is 2.28. The van der Waals surface area contributed by atoms with Gasteiger partial charge in [-0.3, -0.25) is 10.1 Å². The van der Waals surface area contributed by atoms with Crippen LogP contribution in [-0.2, 0) is 11.3 Å². The van der Waals surface area contributed by atoms with Gasteiger partial charge in [0.15, 0.2) is 5.16 Å². The second-order valence-electron chi connectivity index (χ2n) is 6.83. The number of anilines is 1. The Balaban J connectivity index is 1.55. The van der Waals surface area contributed by atoms with E-state index in [0.29, 0.717) is 11.7 Å². The topological polar surface area (TPSA) is 72.7 Å². The van der Waals surface area contributed by atoms with E-state index in [4.69, 9.17) is 0 Å². The van der Waals surface area contributed by atoms with Crippen molar-refractivity contribution >= 4 is 34.1 Å². The third-order valence-electron chi connectivity index (χ3n) is 4.45. The van der Waals surface area contributed by atoms with Gasteiger partial charge in [-0.05, 0) is 25.0 Å². The van der Waals surface area contributed by atoms with Crippen LogP contribution in [0.25, 0.3) is 11.3 Å². The fourth-order valence-corrected chi connectivity index (χ4v) is 4.37. The number of hydrogen-bond donors (Lipinski definition) is 1. The van der Waals surface area contributed by atoms with Crippen LogP contribution in [0.2, 0.25) is 0 Å². The van der Waals surface area contributed by atoms with E-state index in [1.807, 2.05) is 31.3 Å². The molecule has 6 nitrogen and oxygen atoms in total. The quantitative estimate of drug-likeness (QED) is 0.422. The van der Waals surface area contributed by atoms with E-state index in [2.05, 4.69) is 68.4 Å². The molecule has 0 aliphatic heterocycles. The zero-order valence-electron chi connectivity index (χ0n) is 16.7. The Kier molecular flexibility index (Phi) is 6.25. The highest BCUT2D eigenvalue weighted by atomic mass is 32.2. The summed E-state index contributed by atoms with van der Waals surface area (Å²) in [7, 11) is 0. The van der Waals surface area contributed by atoms with Gasteiger partial charge in [-0.15, -0.1) is 10.2 Å². The maximum Gasteiger partial charge on any atom is 0.236 e. The average molecular weight is 436 g/mol. The summed E-state index contributed by atoms with van der Waals surface area (Å²) in [5, 5.41) is 12.8. The number of aromatic nitrogens is 4. The molecule has 2 aromatic carbocycles. The smallest absolute Gasteiger partial charge is 0.236 e. The molecule has 0 saturated carbocycles. The van der Waals surface area contributed by atoms with Crippen molar-refractivity contribution in [3.63, 3.8) is 0 Å². The third-order valence-corrected chi connectivity index (χ3v) is 6.20. The molecule has 30 heavy (non-hydrogen) atoms. The average Bonchev–Trinajstić information content (AvgIpc) is 3.34. The lowest BCUT2D eigenvalue weighted by Gasteiger charge is -2.12. The number of amides is 1. The van der Waals surface area contributed by atoms with Crippen LogP contribution < -0.4 is 5.32 Å². The monoisotopic (exact) mass is 435 g/mol. The van der Waals surface area contributed by atoms with E-state index < -0.39 is 0 Å². The molecular formula is C22H21N5OS2. The molecule has 2 aromatic heterocycles. The maximum atomic E-state index is 12.3. The minimum atomic E-state index is -0.123. The van der Waals surface area contributed by atoms with Crippen LogP contribution in [-0.4, -0.2) is 31.4 Å². The van der Waals surface area contributed by atoms with Gasteiger partial charge in [-0.25, -0.2) is 4.98 Å². The number of carbonyl (C=O) groups excluding carboxylic acids is 1. The van der Waals surface area contributed by atoms with Gasteiger partial charge in [0.2, 0.25) is 11.0 Å². The van der Waals surface area contributed by atoms with Crippen LogP contribution in [0.4, 0.5) is 5.13 Å². The van der Waals surface area contributed by atoms with E-state index in [0.717, 1.165) is 21.4 Å². The van der Waals surface area contributed by atoms with Gasteiger partial charge >= 0.3 is 0 Å². The zero-order chi connectivity index (χ0) is 20.9. The first-order valence-corrected chi connectivity index (χ1v) is 11.3. The predicted molar refractivity (Wildman–Crippen MR) is 122 cm³/mol. The Hall–Kier alpha value is -2.97. The fraction of sp³-hybridized carbons (Fsp3) is 0.182. The summed E-state index contributed by atoms with van der Waals surface area (Å²) >= 11 is 2.78. The summed E-state index contributed by atoms with van der Waals surface area (Å²) < 4.78 is 2.16. The summed E-state index contributed by atoms with van der Waals surface area (Å²) in [6.07, 6.45) is 1.88. The number of nitrogens with zero attached hydrogens (tertiary/aromatic N) is 4. The molecule has 0 radical (unpaired) electrons. The van der Waals surface area contributed by atoms with E-state index >= 15 is 0 Å². The number of carbonyl (C=O) groups is 1. The van der Waals surface area contributed by atoms with E-state index in [-0.39, 0.29) is 11.7 Å². The second kappa shape index (κ2) is 9.23. The summed E-state index contributed by atoms with van der Waals surface area (Å²) in [5.74, 6) is 0.125. The number of aryl methyl sites for hydroxylation is 2. The SMILES string of the molecule is Cc1ccc(-c2cnc(SCC(=O)Nc3nnc(C)s3)n2Cc2ccccc2)cc1. The highest BCUT2D eigenvalue weighted by molar-refractivity contribution is 7.99. The fourth-order valence-electron chi connectivity index (χ4n) is 2.98. The molecular weight excluding hydrogens is 414 g/mol. The molecule has 152 valence electrons. The van der Waals surface area contributed by atoms with Crippen LogP contribution in [0.5, 0.6) is 0 Å². The summed E-state index contributed by atoms with van der Waals surface area (Å²) in [6, 6.07) is 18.7. The van der Waals surface area contributed by atoms with Crippen molar-refractivity contribution < 1.29 is 4.79 Å². The highest BCUT2D eigenvalue weighted by Gasteiger charge is 2.15. The number of benzene rings is 2. The summed E-state index contributed by atoms with van der Waals surface area (Å²) in [4.78, 5) is 17.0. The minimum absolute atomic E-state index is 0.123. The largest absolute Gasteiger partial charge is 0.314 e. The van der Waals surface area contributed by atoms with Gasteiger partial charge in [-0.2, -0.15) is 0 Å². The molecule has 0 atom stereocenters. The summed E-state index contributed by atoms with van der Waals surface area (Å²) in [5.41, 5.74) is 4.52. The van der Waals surface area contributed by atoms with Crippen molar-refractivity contribution in [2.24, 2.45) is 0 Å². The molecule has 0 saturated heterocycles. The zero-order valence-corrected chi connectivity index (χ0v) is 18.3. The molecule has 8 heteroatoms. The van der Waals surface area contributed by atoms with Crippen LogP contribution >= 0.6 is 23.1 Å². The van der Waals surface area contributed by atoms with Crippen molar-refractivity contribution in [2.45, 2.75) is 25.5 Å². The molecule has 0 unspecified atom stereocenters. The first-order valence-electron chi connectivity index (χ1n) is 9.48. The Morgan fingerprint density at radius 1 is 1.07 bits per heavy atom. The maximum absolute atomic E-state index is 12.3. The molecule has 0 fully saturated rings.